The lowest BCUT2D eigenvalue weighted by Crippen LogP contribution is -2.12. The average Bonchev–Trinajstić information content (AvgIpc) is 3.19. The average molecular weight is 372 g/mol. The number of carbonyl (C=O) groups excluding carboxylic acids is 1. The Hall–Kier alpha value is -2.76. The second-order valence-corrected chi connectivity index (χ2v) is 6.32. The number of nitrogen functional groups attached to an aromatic ring is 1. The van der Waals surface area contributed by atoms with Crippen molar-refractivity contribution < 1.29 is 9.21 Å². The molecule has 2 bridgehead atoms. The zero-order valence-corrected chi connectivity index (χ0v) is 14.2. The van der Waals surface area contributed by atoms with Crippen molar-refractivity contribution in [3.63, 3.8) is 0 Å². The third kappa shape index (κ3) is 2.77. The van der Waals surface area contributed by atoms with Crippen LogP contribution in [0.4, 0.5) is 11.4 Å². The van der Waals surface area contributed by atoms with E-state index >= 15 is 0 Å². The van der Waals surface area contributed by atoms with Gasteiger partial charge in [-0.15, -0.1) is 0 Å². The number of carbonyl (C=O) groups is 1. The van der Waals surface area contributed by atoms with E-state index in [9.17, 15) is 4.79 Å². The van der Waals surface area contributed by atoms with Crippen LogP contribution in [-0.4, -0.2) is 10.9 Å². The molecule has 25 heavy (non-hydrogen) atoms. The van der Waals surface area contributed by atoms with Gasteiger partial charge in [-0.3, -0.25) is 9.78 Å². The minimum atomic E-state index is -0.315. The highest BCUT2D eigenvalue weighted by Crippen LogP contribution is 2.37. The summed E-state index contributed by atoms with van der Waals surface area (Å²) in [4.78, 5) is 16.9. The first-order chi connectivity index (χ1) is 12.0. The molecule has 1 amide bonds. The molecule has 0 spiro atoms. The number of hydrogen-bond acceptors (Lipinski definition) is 4. The number of halogens is 2. The molecular weight excluding hydrogens is 361 g/mol. The van der Waals surface area contributed by atoms with Gasteiger partial charge in [-0.1, -0.05) is 23.2 Å². The Morgan fingerprint density at radius 2 is 1.84 bits per heavy atom. The molecule has 5 nitrogen and oxygen atoms in total. The van der Waals surface area contributed by atoms with E-state index in [4.69, 9.17) is 33.4 Å². The largest absolute Gasteiger partial charge is 0.456 e. The van der Waals surface area contributed by atoms with Gasteiger partial charge in [-0.05, 0) is 36.4 Å². The molecule has 4 aromatic rings. The van der Waals surface area contributed by atoms with E-state index in [0.29, 0.717) is 49.3 Å². The fourth-order valence-corrected chi connectivity index (χ4v) is 3.03. The molecule has 0 saturated heterocycles. The van der Waals surface area contributed by atoms with Gasteiger partial charge in [0.05, 0.1) is 21.3 Å². The van der Waals surface area contributed by atoms with Crippen LogP contribution in [0.5, 0.6) is 0 Å². The van der Waals surface area contributed by atoms with Crippen molar-refractivity contribution in [1.82, 2.24) is 4.98 Å². The van der Waals surface area contributed by atoms with Crippen molar-refractivity contribution in [2.24, 2.45) is 0 Å². The molecule has 0 radical (unpaired) electrons. The van der Waals surface area contributed by atoms with E-state index < -0.39 is 0 Å². The van der Waals surface area contributed by atoms with Crippen LogP contribution >= 0.6 is 23.2 Å². The van der Waals surface area contributed by atoms with Gasteiger partial charge in [0.2, 0.25) is 0 Å². The molecule has 4 rings (SSSR count). The highest BCUT2D eigenvalue weighted by atomic mass is 35.5. The van der Waals surface area contributed by atoms with Gasteiger partial charge < -0.3 is 15.5 Å². The Morgan fingerprint density at radius 1 is 1.04 bits per heavy atom. The first-order valence-corrected chi connectivity index (χ1v) is 8.10. The molecule has 7 heteroatoms. The number of nitrogens with one attached hydrogen (secondary N) is 1. The molecule has 3 heterocycles. The van der Waals surface area contributed by atoms with Gasteiger partial charge in [0.1, 0.15) is 11.2 Å². The number of nitrogens with two attached hydrogens (primary N) is 1. The zero-order chi connectivity index (χ0) is 17.6. The first kappa shape index (κ1) is 15.7. The molecule has 0 fully saturated rings. The number of aromatic nitrogens is 1. The van der Waals surface area contributed by atoms with Crippen molar-refractivity contribution in [1.29, 1.82) is 0 Å². The molecule has 0 unspecified atom stereocenters. The van der Waals surface area contributed by atoms with E-state index in [1.54, 1.807) is 42.7 Å². The topological polar surface area (TPSA) is 81.1 Å². The van der Waals surface area contributed by atoms with Gasteiger partial charge in [0, 0.05) is 29.2 Å². The summed E-state index contributed by atoms with van der Waals surface area (Å²) >= 11 is 11.9. The number of furan rings is 2. The lowest BCUT2D eigenvalue weighted by Gasteiger charge is -2.08. The van der Waals surface area contributed by atoms with Crippen LogP contribution in [0.1, 0.15) is 10.4 Å². The van der Waals surface area contributed by atoms with Gasteiger partial charge in [-0.25, -0.2) is 0 Å². The predicted octanol–water partition coefficient (Wildman–Crippen LogP) is 5.07. The highest BCUT2D eigenvalue weighted by molar-refractivity contribution is 6.42. The van der Waals surface area contributed by atoms with Crippen molar-refractivity contribution in [2.75, 3.05) is 11.1 Å². The Morgan fingerprint density at radius 3 is 2.60 bits per heavy atom. The summed E-state index contributed by atoms with van der Waals surface area (Å²) < 4.78 is 5.67. The third-order valence-corrected chi connectivity index (χ3v) is 4.54. The van der Waals surface area contributed by atoms with Crippen molar-refractivity contribution in [2.45, 2.75) is 0 Å². The Bertz CT molecular complexity index is 1090. The fourth-order valence-electron chi connectivity index (χ4n) is 2.73. The maximum absolute atomic E-state index is 12.8. The predicted molar refractivity (Wildman–Crippen MR) is 99.5 cm³/mol. The van der Waals surface area contributed by atoms with Crippen LogP contribution in [0.2, 0.25) is 10.0 Å². The van der Waals surface area contributed by atoms with Gasteiger partial charge in [0.15, 0.2) is 0 Å². The van der Waals surface area contributed by atoms with Crippen LogP contribution in [0, 0.1) is 0 Å². The van der Waals surface area contributed by atoms with Crippen LogP contribution in [0.25, 0.3) is 22.3 Å². The standard InChI is InChI=1S/C18H11Cl2N3O2/c19-12-2-1-11(6-13(12)20)23-18(24)17-15-4-3-14(25-15)16(17)9-5-10(21)8-22-7-9/h1-8H,21H2,(H,23,24). The third-order valence-electron chi connectivity index (χ3n) is 3.80. The summed E-state index contributed by atoms with van der Waals surface area (Å²) in [5, 5.41) is 3.59. The lowest BCUT2D eigenvalue weighted by atomic mass is 10.0. The van der Waals surface area contributed by atoms with E-state index in [1.165, 1.54) is 0 Å². The number of amides is 1. The fraction of sp³-hybridized carbons (Fsp3) is 0. The minimum absolute atomic E-state index is 0.315. The molecule has 0 saturated carbocycles. The molecule has 0 atom stereocenters. The van der Waals surface area contributed by atoms with E-state index in [0.717, 1.165) is 0 Å². The van der Waals surface area contributed by atoms with E-state index in [2.05, 4.69) is 10.3 Å². The second-order valence-electron chi connectivity index (χ2n) is 5.50. The number of anilines is 2. The number of rotatable bonds is 3. The second kappa shape index (κ2) is 5.95. The summed E-state index contributed by atoms with van der Waals surface area (Å²) in [5.74, 6) is -0.315. The summed E-state index contributed by atoms with van der Waals surface area (Å²) in [7, 11) is 0. The maximum Gasteiger partial charge on any atom is 0.260 e. The number of pyridine rings is 1. The number of hydrogen-bond donors (Lipinski definition) is 2. The molecule has 0 aliphatic rings. The van der Waals surface area contributed by atoms with Crippen LogP contribution in [0.15, 0.2) is 53.2 Å². The molecule has 1 aromatic carbocycles. The van der Waals surface area contributed by atoms with Gasteiger partial charge in [0.25, 0.3) is 5.91 Å². The van der Waals surface area contributed by atoms with Crippen LogP contribution in [0.3, 0.4) is 0 Å². The molecular formula is C18H11Cl2N3O2. The Balaban J connectivity index is 1.75. The summed E-state index contributed by atoms with van der Waals surface area (Å²) in [6.45, 7) is 0. The number of nitrogens with zero attached hydrogens (tertiary/aromatic N) is 1. The zero-order valence-electron chi connectivity index (χ0n) is 12.7. The van der Waals surface area contributed by atoms with Crippen LogP contribution in [-0.2, 0) is 0 Å². The van der Waals surface area contributed by atoms with Crippen molar-refractivity contribution in [3.05, 3.63) is 64.4 Å². The quantitative estimate of drug-likeness (QED) is 0.526. The molecule has 0 aliphatic heterocycles. The number of fused-ring (bicyclic) bond motifs is 2. The Kier molecular flexibility index (Phi) is 3.75. The maximum atomic E-state index is 12.8. The summed E-state index contributed by atoms with van der Waals surface area (Å²) in [6, 6.07) is 10.2. The molecule has 124 valence electrons. The molecule has 3 N–H and O–H groups in total. The summed E-state index contributed by atoms with van der Waals surface area (Å²) in [6.07, 6.45) is 3.19. The smallest absolute Gasteiger partial charge is 0.260 e. The number of benzene rings is 2. The minimum Gasteiger partial charge on any atom is -0.456 e. The van der Waals surface area contributed by atoms with E-state index in [-0.39, 0.29) is 5.91 Å². The summed E-state index contributed by atoms with van der Waals surface area (Å²) in [5.41, 5.74) is 9.75. The van der Waals surface area contributed by atoms with Gasteiger partial charge in [-0.2, -0.15) is 0 Å². The Labute approximate surface area is 152 Å². The first-order valence-electron chi connectivity index (χ1n) is 7.35. The molecule has 0 aliphatic carbocycles. The monoisotopic (exact) mass is 371 g/mol. The van der Waals surface area contributed by atoms with E-state index in [1.807, 2.05) is 6.07 Å². The SMILES string of the molecule is Nc1cncc(-c2c(C(=O)Nc3ccc(Cl)c(Cl)c3)c3ccc2o3)c1. The lowest BCUT2D eigenvalue weighted by molar-refractivity contribution is 0.102. The van der Waals surface area contributed by atoms with Crippen LogP contribution < -0.4 is 11.1 Å². The van der Waals surface area contributed by atoms with Gasteiger partial charge >= 0.3 is 0 Å². The normalized spacial score (nSPS) is 11.1. The van der Waals surface area contributed by atoms with Crippen molar-refractivity contribution in [3.8, 4) is 11.1 Å². The van der Waals surface area contributed by atoms with Crippen molar-refractivity contribution >= 4 is 51.6 Å². The highest BCUT2D eigenvalue weighted by Gasteiger charge is 2.24. The molecule has 3 aromatic heterocycles.